The number of rotatable bonds is 3. The highest BCUT2D eigenvalue weighted by Gasteiger charge is 2.29. The lowest BCUT2D eigenvalue weighted by molar-refractivity contribution is 0.0962. The maximum atomic E-state index is 6.30. The van der Waals surface area contributed by atoms with Crippen molar-refractivity contribution >= 4 is 11.6 Å². The number of fused-ring (bicyclic) bond motifs is 2. The molecule has 19 heavy (non-hydrogen) atoms. The van der Waals surface area contributed by atoms with Crippen LogP contribution in [0.4, 0.5) is 0 Å². The zero-order valence-electron chi connectivity index (χ0n) is 10.3. The number of hydrogen-bond donors (Lipinski definition) is 0. The maximum Gasteiger partial charge on any atom is 0.135 e. The SMILES string of the molecule is C=CCOC1c2ccccc2Oc2cccc(Cl)c21. The van der Waals surface area contributed by atoms with Crippen molar-refractivity contribution in [2.45, 2.75) is 6.10 Å². The molecule has 0 aromatic heterocycles. The average Bonchev–Trinajstić information content (AvgIpc) is 2.44. The third kappa shape index (κ3) is 2.14. The maximum absolute atomic E-state index is 6.30. The Balaban J connectivity index is 2.13. The van der Waals surface area contributed by atoms with E-state index in [1.807, 2.05) is 42.5 Å². The molecule has 0 saturated heterocycles. The van der Waals surface area contributed by atoms with Gasteiger partial charge in [-0.25, -0.2) is 0 Å². The Kier molecular flexibility index (Phi) is 3.28. The fourth-order valence-corrected chi connectivity index (χ4v) is 2.53. The van der Waals surface area contributed by atoms with Crippen LogP contribution in [0.25, 0.3) is 0 Å². The van der Waals surface area contributed by atoms with Gasteiger partial charge in [-0.2, -0.15) is 0 Å². The number of ether oxygens (including phenoxy) is 2. The van der Waals surface area contributed by atoms with Crippen molar-refractivity contribution in [3.8, 4) is 11.5 Å². The van der Waals surface area contributed by atoms with E-state index in [4.69, 9.17) is 21.1 Å². The minimum absolute atomic E-state index is 0.216. The lowest BCUT2D eigenvalue weighted by Crippen LogP contribution is -2.14. The second kappa shape index (κ2) is 5.08. The lowest BCUT2D eigenvalue weighted by Gasteiger charge is -2.28. The fourth-order valence-electron chi connectivity index (χ4n) is 2.26. The van der Waals surface area contributed by atoms with Crippen molar-refractivity contribution in [3.05, 3.63) is 71.3 Å². The molecule has 0 amide bonds. The Morgan fingerprint density at radius 1 is 1.16 bits per heavy atom. The van der Waals surface area contributed by atoms with Crippen LogP contribution in [0.2, 0.25) is 5.02 Å². The van der Waals surface area contributed by atoms with Crippen LogP contribution in [0.3, 0.4) is 0 Å². The van der Waals surface area contributed by atoms with Crippen molar-refractivity contribution in [2.75, 3.05) is 6.61 Å². The first kappa shape index (κ1) is 12.3. The predicted molar refractivity (Wildman–Crippen MR) is 76.0 cm³/mol. The minimum atomic E-state index is -0.216. The van der Waals surface area contributed by atoms with Gasteiger partial charge in [-0.1, -0.05) is 41.9 Å². The molecule has 0 saturated carbocycles. The van der Waals surface area contributed by atoms with Crippen LogP contribution < -0.4 is 4.74 Å². The molecular formula is C16H13ClO2. The minimum Gasteiger partial charge on any atom is -0.457 e. The number of hydrogen-bond acceptors (Lipinski definition) is 2. The number of halogens is 1. The first-order chi connectivity index (χ1) is 9.31. The van der Waals surface area contributed by atoms with Gasteiger partial charge in [0.1, 0.15) is 17.6 Å². The van der Waals surface area contributed by atoms with Gasteiger partial charge in [-0.15, -0.1) is 6.58 Å². The van der Waals surface area contributed by atoms with Crippen LogP contribution in [0.5, 0.6) is 11.5 Å². The van der Waals surface area contributed by atoms with E-state index in [0.29, 0.717) is 11.6 Å². The van der Waals surface area contributed by atoms with Crippen LogP contribution in [0, 0.1) is 0 Å². The monoisotopic (exact) mass is 272 g/mol. The summed E-state index contributed by atoms with van der Waals surface area (Å²) in [6.07, 6.45) is 1.51. The van der Waals surface area contributed by atoms with Crippen LogP contribution in [0.1, 0.15) is 17.2 Å². The van der Waals surface area contributed by atoms with E-state index in [1.54, 1.807) is 6.08 Å². The van der Waals surface area contributed by atoms with Gasteiger partial charge in [0.2, 0.25) is 0 Å². The molecule has 3 heteroatoms. The summed E-state index contributed by atoms with van der Waals surface area (Å²) < 4.78 is 11.8. The van der Waals surface area contributed by atoms with E-state index in [9.17, 15) is 0 Å². The summed E-state index contributed by atoms with van der Waals surface area (Å²) in [4.78, 5) is 0. The molecule has 0 fully saturated rings. The normalized spacial score (nSPS) is 16.2. The molecule has 0 spiro atoms. The van der Waals surface area contributed by atoms with Crippen molar-refractivity contribution in [2.24, 2.45) is 0 Å². The summed E-state index contributed by atoms with van der Waals surface area (Å²) in [5, 5.41) is 0.654. The largest absolute Gasteiger partial charge is 0.457 e. The first-order valence-electron chi connectivity index (χ1n) is 6.09. The Labute approximate surface area is 117 Å². The molecule has 1 aliphatic heterocycles. The van der Waals surface area contributed by atoms with E-state index in [1.165, 1.54) is 0 Å². The van der Waals surface area contributed by atoms with Crippen molar-refractivity contribution in [1.82, 2.24) is 0 Å². The Morgan fingerprint density at radius 3 is 2.79 bits per heavy atom. The van der Waals surface area contributed by atoms with Gasteiger partial charge in [0.05, 0.1) is 11.6 Å². The predicted octanol–water partition coefficient (Wildman–Crippen LogP) is 4.74. The second-order valence-electron chi connectivity index (χ2n) is 4.29. The molecule has 0 aliphatic carbocycles. The van der Waals surface area contributed by atoms with Crippen molar-refractivity contribution < 1.29 is 9.47 Å². The molecule has 0 N–H and O–H groups in total. The summed E-state index contributed by atoms with van der Waals surface area (Å²) in [5.74, 6) is 1.56. The van der Waals surface area contributed by atoms with Gasteiger partial charge < -0.3 is 9.47 Å². The first-order valence-corrected chi connectivity index (χ1v) is 6.46. The fraction of sp³-hybridized carbons (Fsp3) is 0.125. The Morgan fingerprint density at radius 2 is 1.95 bits per heavy atom. The van der Waals surface area contributed by atoms with Crippen LogP contribution >= 0.6 is 11.6 Å². The van der Waals surface area contributed by atoms with E-state index in [2.05, 4.69) is 6.58 Å². The summed E-state index contributed by atoms with van der Waals surface area (Å²) in [7, 11) is 0. The summed E-state index contributed by atoms with van der Waals surface area (Å²) >= 11 is 6.30. The van der Waals surface area contributed by atoms with E-state index < -0.39 is 0 Å². The van der Waals surface area contributed by atoms with Gasteiger partial charge >= 0.3 is 0 Å². The van der Waals surface area contributed by atoms with E-state index in [-0.39, 0.29) is 6.10 Å². The zero-order chi connectivity index (χ0) is 13.2. The molecule has 1 aliphatic rings. The third-order valence-corrected chi connectivity index (χ3v) is 3.41. The van der Waals surface area contributed by atoms with Crippen molar-refractivity contribution in [1.29, 1.82) is 0 Å². The van der Waals surface area contributed by atoms with Crippen LogP contribution in [0.15, 0.2) is 55.1 Å². The molecule has 3 rings (SSSR count). The Bertz CT molecular complexity index is 622. The standard InChI is InChI=1S/C16H13ClO2/c1-2-10-18-16-11-6-3-4-8-13(11)19-14-9-5-7-12(17)15(14)16/h2-9,16H,1,10H2. The second-order valence-corrected chi connectivity index (χ2v) is 4.70. The highest BCUT2D eigenvalue weighted by atomic mass is 35.5. The van der Waals surface area contributed by atoms with E-state index >= 15 is 0 Å². The lowest BCUT2D eigenvalue weighted by atomic mass is 9.97. The summed E-state index contributed by atoms with van der Waals surface area (Å²) in [5.41, 5.74) is 1.87. The van der Waals surface area contributed by atoms with Gasteiger partial charge in [-0.3, -0.25) is 0 Å². The highest BCUT2D eigenvalue weighted by molar-refractivity contribution is 6.31. The van der Waals surface area contributed by atoms with Crippen LogP contribution in [-0.2, 0) is 4.74 Å². The molecule has 2 nitrogen and oxygen atoms in total. The quantitative estimate of drug-likeness (QED) is 0.752. The molecule has 2 aromatic rings. The molecule has 2 aromatic carbocycles. The van der Waals surface area contributed by atoms with Crippen LogP contribution in [-0.4, -0.2) is 6.61 Å². The molecule has 0 bridgehead atoms. The summed E-state index contributed by atoms with van der Waals surface area (Å²) in [6, 6.07) is 13.5. The Hall–Kier alpha value is -1.77. The third-order valence-electron chi connectivity index (χ3n) is 3.08. The molecule has 96 valence electrons. The summed E-state index contributed by atoms with van der Waals surface area (Å²) in [6.45, 7) is 4.15. The molecule has 1 unspecified atom stereocenters. The molecular weight excluding hydrogens is 260 g/mol. The van der Waals surface area contributed by atoms with Gasteiger partial charge in [0.15, 0.2) is 0 Å². The molecule has 0 radical (unpaired) electrons. The topological polar surface area (TPSA) is 18.5 Å². The molecule has 1 heterocycles. The van der Waals surface area contributed by atoms with Gasteiger partial charge in [0.25, 0.3) is 0 Å². The van der Waals surface area contributed by atoms with Gasteiger partial charge in [-0.05, 0) is 18.2 Å². The van der Waals surface area contributed by atoms with Crippen molar-refractivity contribution in [3.63, 3.8) is 0 Å². The average molecular weight is 273 g/mol. The van der Waals surface area contributed by atoms with E-state index in [0.717, 1.165) is 22.6 Å². The number of benzene rings is 2. The number of para-hydroxylation sites is 1. The zero-order valence-corrected chi connectivity index (χ0v) is 11.1. The highest BCUT2D eigenvalue weighted by Crippen LogP contribution is 2.47. The smallest absolute Gasteiger partial charge is 0.135 e. The van der Waals surface area contributed by atoms with Gasteiger partial charge in [0, 0.05) is 11.1 Å². The molecule has 1 atom stereocenters.